The maximum Gasteiger partial charge on any atom is 0.387 e. The molecular formula is C14H15ClF2N2O2. The molecule has 0 aliphatic heterocycles. The van der Waals surface area contributed by atoms with E-state index in [9.17, 15) is 13.9 Å². The maximum absolute atomic E-state index is 12.2. The summed E-state index contributed by atoms with van der Waals surface area (Å²) in [5, 5.41) is 14.9. The van der Waals surface area contributed by atoms with Crippen molar-refractivity contribution in [3.8, 4) is 5.75 Å². The van der Waals surface area contributed by atoms with Gasteiger partial charge in [-0.3, -0.25) is 4.68 Å². The molecule has 1 aromatic heterocycles. The Morgan fingerprint density at radius 3 is 2.86 bits per heavy atom. The number of nitrogens with zero attached hydrogens (tertiary/aromatic N) is 2. The molecule has 2 rings (SSSR count). The highest BCUT2D eigenvalue weighted by molar-refractivity contribution is 6.31. The third-order valence-electron chi connectivity index (χ3n) is 2.93. The van der Waals surface area contributed by atoms with Crippen molar-refractivity contribution in [3.05, 3.63) is 46.7 Å². The molecule has 1 N–H and O–H groups in total. The zero-order valence-corrected chi connectivity index (χ0v) is 12.1. The smallest absolute Gasteiger partial charge is 0.387 e. The Balaban J connectivity index is 2.31. The molecule has 1 unspecified atom stereocenters. The number of aromatic nitrogens is 2. The van der Waals surface area contributed by atoms with Crippen molar-refractivity contribution in [1.29, 1.82) is 0 Å². The van der Waals surface area contributed by atoms with E-state index >= 15 is 0 Å². The van der Waals surface area contributed by atoms with E-state index in [2.05, 4.69) is 9.84 Å². The summed E-state index contributed by atoms with van der Waals surface area (Å²) in [5.41, 5.74) is 0.848. The molecule has 2 aromatic rings. The third kappa shape index (κ3) is 3.71. The summed E-state index contributed by atoms with van der Waals surface area (Å²) in [6.07, 6.45) is 1.22. The summed E-state index contributed by atoms with van der Waals surface area (Å²) in [7, 11) is 0. The van der Waals surface area contributed by atoms with E-state index < -0.39 is 12.7 Å². The fraction of sp³-hybridized carbons (Fsp3) is 0.357. The van der Waals surface area contributed by atoms with Gasteiger partial charge < -0.3 is 9.84 Å². The predicted octanol–water partition coefficient (Wildman–Crippen LogP) is 3.63. The predicted molar refractivity (Wildman–Crippen MR) is 74.7 cm³/mol. The van der Waals surface area contributed by atoms with Gasteiger partial charge in [0.05, 0.1) is 16.9 Å². The van der Waals surface area contributed by atoms with Crippen LogP contribution in [0.4, 0.5) is 8.78 Å². The SMILES string of the molecule is CCCn1ncc(Cl)c1C(O)c1cccc(OC(F)F)c1. The van der Waals surface area contributed by atoms with Crippen molar-refractivity contribution in [2.24, 2.45) is 0 Å². The number of halogens is 3. The van der Waals surface area contributed by atoms with Gasteiger partial charge in [0.25, 0.3) is 0 Å². The van der Waals surface area contributed by atoms with Gasteiger partial charge in [-0.05, 0) is 24.1 Å². The van der Waals surface area contributed by atoms with Crippen LogP contribution >= 0.6 is 11.6 Å². The zero-order chi connectivity index (χ0) is 15.4. The molecule has 114 valence electrons. The lowest BCUT2D eigenvalue weighted by atomic mass is 10.1. The molecule has 0 saturated carbocycles. The van der Waals surface area contributed by atoms with Gasteiger partial charge in [-0.1, -0.05) is 30.7 Å². The van der Waals surface area contributed by atoms with Crippen molar-refractivity contribution in [2.75, 3.05) is 0 Å². The molecule has 0 bridgehead atoms. The molecular weight excluding hydrogens is 302 g/mol. The highest BCUT2D eigenvalue weighted by atomic mass is 35.5. The third-order valence-corrected chi connectivity index (χ3v) is 3.22. The van der Waals surface area contributed by atoms with Crippen molar-refractivity contribution in [1.82, 2.24) is 9.78 Å². The quantitative estimate of drug-likeness (QED) is 0.885. The molecule has 0 fully saturated rings. The van der Waals surface area contributed by atoms with E-state index in [4.69, 9.17) is 11.6 Å². The Bertz CT molecular complexity index is 604. The average molecular weight is 317 g/mol. The van der Waals surface area contributed by atoms with Crippen molar-refractivity contribution in [3.63, 3.8) is 0 Å². The minimum atomic E-state index is -2.91. The summed E-state index contributed by atoms with van der Waals surface area (Å²) in [6, 6.07) is 5.90. The molecule has 0 spiro atoms. The van der Waals surface area contributed by atoms with Crippen molar-refractivity contribution in [2.45, 2.75) is 32.6 Å². The minimum Gasteiger partial charge on any atom is -0.435 e. The van der Waals surface area contributed by atoms with Gasteiger partial charge in [-0.25, -0.2) is 0 Å². The van der Waals surface area contributed by atoms with Gasteiger partial charge in [0, 0.05) is 6.54 Å². The first-order valence-electron chi connectivity index (χ1n) is 6.47. The summed E-state index contributed by atoms with van der Waals surface area (Å²) in [4.78, 5) is 0. The normalized spacial score (nSPS) is 12.7. The Kier molecular flexibility index (Phi) is 5.14. The van der Waals surface area contributed by atoms with Gasteiger partial charge in [0.15, 0.2) is 0 Å². The summed E-state index contributed by atoms with van der Waals surface area (Å²) >= 11 is 6.05. The fourth-order valence-corrected chi connectivity index (χ4v) is 2.30. The molecule has 1 aromatic carbocycles. The summed E-state index contributed by atoms with van der Waals surface area (Å²) < 4.78 is 30.4. The lowest BCUT2D eigenvalue weighted by Crippen LogP contribution is -2.11. The van der Waals surface area contributed by atoms with E-state index in [1.165, 1.54) is 24.4 Å². The number of hydrogen-bond acceptors (Lipinski definition) is 3. The number of rotatable bonds is 6. The first-order chi connectivity index (χ1) is 10.0. The topological polar surface area (TPSA) is 47.3 Å². The second kappa shape index (κ2) is 6.87. The molecule has 0 radical (unpaired) electrons. The van der Waals surface area contributed by atoms with E-state index in [0.29, 0.717) is 22.8 Å². The van der Waals surface area contributed by atoms with Crippen LogP contribution in [-0.4, -0.2) is 21.5 Å². The van der Waals surface area contributed by atoms with Crippen LogP contribution in [-0.2, 0) is 6.54 Å². The molecule has 0 aliphatic rings. The number of alkyl halides is 2. The van der Waals surface area contributed by atoms with Gasteiger partial charge in [-0.2, -0.15) is 13.9 Å². The lowest BCUT2D eigenvalue weighted by molar-refractivity contribution is -0.0499. The highest BCUT2D eigenvalue weighted by Gasteiger charge is 2.20. The Morgan fingerprint density at radius 1 is 1.43 bits per heavy atom. The molecule has 0 aliphatic carbocycles. The first kappa shape index (κ1) is 15.7. The van der Waals surface area contributed by atoms with E-state index in [1.807, 2.05) is 6.92 Å². The second-order valence-electron chi connectivity index (χ2n) is 4.45. The van der Waals surface area contributed by atoms with E-state index in [0.717, 1.165) is 6.42 Å². The largest absolute Gasteiger partial charge is 0.435 e. The number of benzene rings is 1. The van der Waals surface area contributed by atoms with Gasteiger partial charge in [0.1, 0.15) is 11.9 Å². The van der Waals surface area contributed by atoms with Crippen molar-refractivity contribution >= 4 is 11.6 Å². The monoisotopic (exact) mass is 316 g/mol. The van der Waals surface area contributed by atoms with Gasteiger partial charge in [-0.15, -0.1) is 0 Å². The molecule has 0 amide bonds. The maximum atomic E-state index is 12.2. The van der Waals surface area contributed by atoms with Crippen LogP contribution in [0.1, 0.15) is 30.7 Å². The Hall–Kier alpha value is -1.66. The molecule has 4 nitrogen and oxygen atoms in total. The number of aliphatic hydroxyl groups excluding tert-OH is 1. The average Bonchev–Trinajstić information content (AvgIpc) is 2.79. The van der Waals surface area contributed by atoms with Crippen LogP contribution in [0.3, 0.4) is 0 Å². The number of ether oxygens (including phenoxy) is 1. The van der Waals surface area contributed by atoms with Crippen LogP contribution in [0, 0.1) is 0 Å². The number of aliphatic hydroxyl groups is 1. The standard InChI is InChI=1S/C14H15ClF2N2O2/c1-2-6-19-12(11(15)8-18-19)13(20)9-4-3-5-10(7-9)21-14(16)17/h3-5,7-8,13-14,20H,2,6H2,1H3. The minimum absolute atomic E-state index is 0.0146. The summed E-state index contributed by atoms with van der Waals surface area (Å²) in [6.45, 7) is -0.332. The fourth-order valence-electron chi connectivity index (χ4n) is 2.05. The highest BCUT2D eigenvalue weighted by Crippen LogP contribution is 2.30. The number of aryl methyl sites for hydroxylation is 1. The second-order valence-corrected chi connectivity index (χ2v) is 4.86. The van der Waals surface area contributed by atoms with E-state index in [1.54, 1.807) is 10.7 Å². The molecule has 21 heavy (non-hydrogen) atoms. The Labute approximate surface area is 125 Å². The van der Waals surface area contributed by atoms with Gasteiger partial charge in [0.2, 0.25) is 0 Å². The van der Waals surface area contributed by atoms with Crippen LogP contribution in [0.15, 0.2) is 30.5 Å². The number of hydrogen-bond donors (Lipinski definition) is 1. The van der Waals surface area contributed by atoms with Crippen LogP contribution in [0.2, 0.25) is 5.02 Å². The van der Waals surface area contributed by atoms with Crippen LogP contribution in [0.25, 0.3) is 0 Å². The van der Waals surface area contributed by atoms with Crippen molar-refractivity contribution < 1.29 is 18.6 Å². The first-order valence-corrected chi connectivity index (χ1v) is 6.84. The molecule has 1 atom stereocenters. The molecule has 7 heteroatoms. The summed E-state index contributed by atoms with van der Waals surface area (Å²) in [5.74, 6) is -0.0146. The Morgan fingerprint density at radius 2 is 2.19 bits per heavy atom. The van der Waals surface area contributed by atoms with Crippen LogP contribution < -0.4 is 4.74 Å². The lowest BCUT2D eigenvalue weighted by Gasteiger charge is -2.15. The zero-order valence-electron chi connectivity index (χ0n) is 11.3. The van der Waals surface area contributed by atoms with E-state index in [-0.39, 0.29) is 5.75 Å². The molecule has 0 saturated heterocycles. The van der Waals surface area contributed by atoms with Gasteiger partial charge >= 0.3 is 6.61 Å². The molecule has 1 heterocycles. The van der Waals surface area contributed by atoms with Crippen LogP contribution in [0.5, 0.6) is 5.75 Å².